The topological polar surface area (TPSA) is 91.3 Å². The molecule has 3 N–H and O–H groups in total. The summed E-state index contributed by atoms with van der Waals surface area (Å²) in [7, 11) is 0. The van der Waals surface area contributed by atoms with Gasteiger partial charge in [-0.25, -0.2) is 14.6 Å². The molecule has 8 heteroatoms. The summed E-state index contributed by atoms with van der Waals surface area (Å²) >= 11 is 3.02. The van der Waals surface area contributed by atoms with E-state index in [0.717, 1.165) is 10.2 Å². The summed E-state index contributed by atoms with van der Waals surface area (Å²) in [5.74, 6) is -0.360. The van der Waals surface area contributed by atoms with Gasteiger partial charge in [0.05, 0.1) is 15.7 Å². The maximum absolute atomic E-state index is 11.9. The first-order chi connectivity index (χ1) is 10.1. The Kier molecular flexibility index (Phi) is 5.40. The second-order valence-corrected chi connectivity index (χ2v) is 6.18. The molecule has 0 spiro atoms. The molecule has 1 aromatic heterocycles. The summed E-state index contributed by atoms with van der Waals surface area (Å²) < 4.78 is 0.963. The van der Waals surface area contributed by atoms with Gasteiger partial charge in [0, 0.05) is 5.69 Å². The van der Waals surface area contributed by atoms with Crippen LogP contribution in [0.25, 0.3) is 10.2 Å². The Hall–Kier alpha value is -1.80. The minimum absolute atomic E-state index is 0.387. The SMILES string of the molecule is CSCC[C@H](NC(=O)Nc1ccc2ncsc2c1)C(=O)O. The average Bonchev–Trinajstić information content (AvgIpc) is 2.90. The smallest absolute Gasteiger partial charge is 0.326 e. The number of benzene rings is 1. The van der Waals surface area contributed by atoms with Crippen molar-refractivity contribution in [2.45, 2.75) is 12.5 Å². The minimum Gasteiger partial charge on any atom is -0.480 e. The predicted octanol–water partition coefficient (Wildman–Crippen LogP) is 2.62. The summed E-state index contributed by atoms with van der Waals surface area (Å²) in [5, 5.41) is 14.2. The van der Waals surface area contributed by atoms with Crippen LogP contribution >= 0.6 is 23.1 Å². The number of amides is 2. The zero-order valence-electron chi connectivity index (χ0n) is 11.3. The molecular formula is C13H15N3O3S2. The number of carbonyl (C=O) groups is 2. The molecule has 0 aliphatic carbocycles. The van der Waals surface area contributed by atoms with Gasteiger partial charge in [0.1, 0.15) is 6.04 Å². The van der Waals surface area contributed by atoms with Crippen LogP contribution in [0, 0.1) is 0 Å². The van der Waals surface area contributed by atoms with Crippen LogP contribution in [0.2, 0.25) is 0 Å². The summed E-state index contributed by atoms with van der Waals surface area (Å²) in [4.78, 5) is 27.1. The van der Waals surface area contributed by atoms with Gasteiger partial charge >= 0.3 is 12.0 Å². The van der Waals surface area contributed by atoms with E-state index < -0.39 is 18.0 Å². The number of carboxylic acid groups (broad SMARTS) is 1. The van der Waals surface area contributed by atoms with E-state index in [-0.39, 0.29) is 0 Å². The summed E-state index contributed by atoms with van der Waals surface area (Å²) in [6, 6.07) is 3.95. The molecule has 0 radical (unpaired) electrons. The highest BCUT2D eigenvalue weighted by Crippen LogP contribution is 2.21. The Balaban J connectivity index is 1.97. The van der Waals surface area contributed by atoms with Gasteiger partial charge in [-0.3, -0.25) is 0 Å². The zero-order chi connectivity index (χ0) is 15.2. The molecule has 6 nitrogen and oxygen atoms in total. The number of rotatable bonds is 6. The quantitative estimate of drug-likeness (QED) is 0.759. The fourth-order valence-electron chi connectivity index (χ4n) is 1.75. The number of fused-ring (bicyclic) bond motifs is 1. The van der Waals surface area contributed by atoms with Crippen molar-refractivity contribution in [3.63, 3.8) is 0 Å². The van der Waals surface area contributed by atoms with Gasteiger partial charge in [-0.15, -0.1) is 11.3 Å². The first-order valence-electron chi connectivity index (χ1n) is 6.22. The molecular weight excluding hydrogens is 310 g/mol. The van der Waals surface area contributed by atoms with Gasteiger partial charge in [-0.05, 0) is 36.6 Å². The highest BCUT2D eigenvalue weighted by Gasteiger charge is 2.19. The molecule has 0 saturated carbocycles. The molecule has 0 bridgehead atoms. The largest absolute Gasteiger partial charge is 0.480 e. The molecule has 0 unspecified atom stereocenters. The minimum atomic E-state index is -1.03. The lowest BCUT2D eigenvalue weighted by atomic mass is 10.2. The second-order valence-electron chi connectivity index (χ2n) is 4.31. The number of urea groups is 1. The number of hydrogen-bond donors (Lipinski definition) is 3. The molecule has 2 rings (SSSR count). The molecule has 0 saturated heterocycles. The van der Waals surface area contributed by atoms with Crippen LogP contribution < -0.4 is 10.6 Å². The van der Waals surface area contributed by atoms with E-state index in [9.17, 15) is 9.59 Å². The van der Waals surface area contributed by atoms with Crippen molar-refractivity contribution >= 4 is 51.0 Å². The predicted molar refractivity (Wildman–Crippen MR) is 86.2 cm³/mol. The molecule has 0 aliphatic rings. The van der Waals surface area contributed by atoms with E-state index in [0.29, 0.717) is 17.9 Å². The molecule has 0 fully saturated rings. The molecule has 2 amide bonds. The lowest BCUT2D eigenvalue weighted by Crippen LogP contribution is -2.43. The van der Waals surface area contributed by atoms with E-state index in [4.69, 9.17) is 5.11 Å². The fourth-order valence-corrected chi connectivity index (χ4v) is 2.94. The number of aliphatic carboxylic acids is 1. The Morgan fingerprint density at radius 3 is 3.00 bits per heavy atom. The van der Waals surface area contributed by atoms with Crippen molar-refractivity contribution in [1.82, 2.24) is 10.3 Å². The number of carbonyl (C=O) groups excluding carboxylic acids is 1. The van der Waals surface area contributed by atoms with E-state index in [1.807, 2.05) is 18.4 Å². The highest BCUT2D eigenvalue weighted by molar-refractivity contribution is 7.98. The van der Waals surface area contributed by atoms with E-state index in [1.165, 1.54) is 11.3 Å². The summed E-state index contributed by atoms with van der Waals surface area (Å²) in [6.07, 6.45) is 2.28. The fraction of sp³-hybridized carbons (Fsp3) is 0.308. The molecule has 0 aliphatic heterocycles. The number of aromatic nitrogens is 1. The zero-order valence-corrected chi connectivity index (χ0v) is 13.0. The first-order valence-corrected chi connectivity index (χ1v) is 8.50. The van der Waals surface area contributed by atoms with Crippen LogP contribution in [0.15, 0.2) is 23.7 Å². The van der Waals surface area contributed by atoms with E-state index in [2.05, 4.69) is 15.6 Å². The van der Waals surface area contributed by atoms with Crippen molar-refractivity contribution in [2.75, 3.05) is 17.3 Å². The third-order valence-electron chi connectivity index (χ3n) is 2.80. The number of carboxylic acids is 1. The van der Waals surface area contributed by atoms with Crippen LogP contribution in [0.4, 0.5) is 10.5 Å². The molecule has 1 atom stereocenters. The Bertz CT molecular complexity index is 644. The third kappa shape index (κ3) is 4.33. The third-order valence-corrected chi connectivity index (χ3v) is 4.24. The van der Waals surface area contributed by atoms with Crippen molar-refractivity contribution < 1.29 is 14.7 Å². The molecule has 2 aromatic rings. The lowest BCUT2D eigenvalue weighted by molar-refractivity contribution is -0.139. The maximum atomic E-state index is 11.9. The Morgan fingerprint density at radius 1 is 1.48 bits per heavy atom. The summed E-state index contributed by atoms with van der Waals surface area (Å²) in [6.45, 7) is 0. The van der Waals surface area contributed by atoms with Crippen LogP contribution in [-0.2, 0) is 4.79 Å². The Morgan fingerprint density at radius 2 is 2.29 bits per heavy atom. The standard InChI is InChI=1S/C13H15N3O3S2/c1-20-5-4-10(12(17)18)16-13(19)15-8-2-3-9-11(6-8)21-7-14-9/h2-3,6-7,10H,4-5H2,1H3,(H,17,18)(H2,15,16,19)/t10-/m0/s1. The second kappa shape index (κ2) is 7.28. The van der Waals surface area contributed by atoms with Gasteiger partial charge in [0.15, 0.2) is 0 Å². The van der Waals surface area contributed by atoms with Gasteiger partial charge in [-0.2, -0.15) is 11.8 Å². The first kappa shape index (κ1) is 15.6. The van der Waals surface area contributed by atoms with Crippen molar-refractivity contribution in [3.05, 3.63) is 23.7 Å². The molecule has 21 heavy (non-hydrogen) atoms. The monoisotopic (exact) mass is 325 g/mol. The van der Waals surface area contributed by atoms with Crippen LogP contribution in [-0.4, -0.2) is 40.1 Å². The Labute approximate surface area is 130 Å². The van der Waals surface area contributed by atoms with Gasteiger partial charge in [0.25, 0.3) is 0 Å². The normalized spacial score (nSPS) is 12.0. The number of nitrogens with zero attached hydrogens (tertiary/aromatic N) is 1. The number of nitrogens with one attached hydrogen (secondary N) is 2. The molecule has 1 heterocycles. The summed E-state index contributed by atoms with van der Waals surface area (Å²) in [5.41, 5.74) is 3.21. The van der Waals surface area contributed by atoms with Crippen LogP contribution in [0.1, 0.15) is 6.42 Å². The van der Waals surface area contributed by atoms with Crippen molar-refractivity contribution in [2.24, 2.45) is 0 Å². The molecule has 1 aromatic carbocycles. The number of hydrogen-bond acceptors (Lipinski definition) is 5. The van der Waals surface area contributed by atoms with Gasteiger partial charge in [0.2, 0.25) is 0 Å². The number of thiazole rings is 1. The average molecular weight is 325 g/mol. The lowest BCUT2D eigenvalue weighted by Gasteiger charge is -2.14. The van der Waals surface area contributed by atoms with Gasteiger partial charge in [-0.1, -0.05) is 0 Å². The van der Waals surface area contributed by atoms with E-state index in [1.54, 1.807) is 23.3 Å². The maximum Gasteiger partial charge on any atom is 0.326 e. The van der Waals surface area contributed by atoms with Crippen LogP contribution in [0.5, 0.6) is 0 Å². The van der Waals surface area contributed by atoms with E-state index >= 15 is 0 Å². The highest BCUT2D eigenvalue weighted by atomic mass is 32.2. The van der Waals surface area contributed by atoms with Crippen molar-refractivity contribution in [1.29, 1.82) is 0 Å². The number of thioether (sulfide) groups is 1. The van der Waals surface area contributed by atoms with Crippen LogP contribution in [0.3, 0.4) is 0 Å². The van der Waals surface area contributed by atoms with Crippen molar-refractivity contribution in [3.8, 4) is 0 Å². The van der Waals surface area contributed by atoms with Gasteiger partial charge < -0.3 is 15.7 Å². The number of anilines is 1. The molecule has 112 valence electrons.